The van der Waals surface area contributed by atoms with Crippen LogP contribution in [0.15, 0.2) is 0 Å². The van der Waals surface area contributed by atoms with E-state index in [-0.39, 0.29) is 11.5 Å². The van der Waals surface area contributed by atoms with Crippen LogP contribution in [0.2, 0.25) is 0 Å². The van der Waals surface area contributed by atoms with E-state index in [9.17, 15) is 18.0 Å². The van der Waals surface area contributed by atoms with Gasteiger partial charge in [0.15, 0.2) is 9.84 Å². The van der Waals surface area contributed by atoms with Crippen LogP contribution < -0.4 is 5.32 Å². The predicted octanol–water partition coefficient (Wildman–Crippen LogP) is 0.314. The molecule has 20 heavy (non-hydrogen) atoms. The molecule has 0 spiro atoms. The number of urea groups is 1. The normalized spacial score (nSPS) is 23.1. The van der Waals surface area contributed by atoms with E-state index >= 15 is 0 Å². The average Bonchev–Trinajstić information content (AvgIpc) is 2.63. The topological polar surface area (TPSA) is 104 Å². The Hall–Kier alpha value is -1.31. The number of carbonyl (C=O) groups is 2. The first kappa shape index (κ1) is 16.7. The molecular weight excluding hydrogens is 284 g/mol. The third kappa shape index (κ3) is 4.09. The Kier molecular flexibility index (Phi) is 4.68. The van der Waals surface area contributed by atoms with Gasteiger partial charge in [-0.2, -0.15) is 0 Å². The summed E-state index contributed by atoms with van der Waals surface area (Å²) in [5.41, 5.74) is -0.635. The highest BCUT2D eigenvalue weighted by molar-refractivity contribution is 7.91. The highest BCUT2D eigenvalue weighted by Gasteiger charge is 2.37. The second-order valence-corrected chi connectivity index (χ2v) is 8.48. The lowest BCUT2D eigenvalue weighted by Gasteiger charge is -2.31. The molecule has 116 valence electrons. The number of hydrogen-bond donors (Lipinski definition) is 2. The molecule has 0 aromatic heterocycles. The third-order valence-corrected chi connectivity index (χ3v) is 5.21. The number of rotatable bonds is 3. The SMILES string of the molecule is CN(C(=O)N[C@@H](C(=O)O)C(C)(C)C)C1CCS(=O)(=O)C1. The van der Waals surface area contributed by atoms with E-state index < -0.39 is 39.3 Å². The predicted molar refractivity (Wildman–Crippen MR) is 74.2 cm³/mol. The monoisotopic (exact) mass is 306 g/mol. The number of amides is 2. The molecule has 2 N–H and O–H groups in total. The lowest BCUT2D eigenvalue weighted by Crippen LogP contribution is -2.54. The van der Waals surface area contributed by atoms with E-state index in [1.54, 1.807) is 20.8 Å². The molecule has 0 saturated carbocycles. The summed E-state index contributed by atoms with van der Waals surface area (Å²) in [5.74, 6) is -1.11. The Balaban J connectivity index is 2.73. The van der Waals surface area contributed by atoms with Crippen LogP contribution in [0.4, 0.5) is 4.79 Å². The van der Waals surface area contributed by atoms with Crippen LogP contribution in [-0.2, 0) is 14.6 Å². The second kappa shape index (κ2) is 5.59. The average molecular weight is 306 g/mol. The summed E-state index contributed by atoms with van der Waals surface area (Å²) in [6.07, 6.45) is 0.388. The van der Waals surface area contributed by atoms with Gasteiger partial charge in [-0.25, -0.2) is 18.0 Å². The van der Waals surface area contributed by atoms with Crippen LogP contribution in [-0.4, -0.2) is 61.1 Å². The summed E-state index contributed by atoms with van der Waals surface area (Å²) in [7, 11) is -1.60. The standard InChI is InChI=1S/C12H22N2O5S/c1-12(2,3)9(10(15)16)13-11(17)14(4)8-5-6-20(18,19)7-8/h8-9H,5-7H2,1-4H3,(H,13,17)(H,15,16)/t8?,9-/m0/s1. The van der Waals surface area contributed by atoms with Gasteiger partial charge in [0.25, 0.3) is 0 Å². The van der Waals surface area contributed by atoms with Gasteiger partial charge in [-0.15, -0.1) is 0 Å². The van der Waals surface area contributed by atoms with Gasteiger partial charge in [-0.1, -0.05) is 20.8 Å². The van der Waals surface area contributed by atoms with Crippen molar-refractivity contribution in [1.82, 2.24) is 10.2 Å². The van der Waals surface area contributed by atoms with Crippen molar-refractivity contribution in [3.8, 4) is 0 Å². The molecule has 2 amide bonds. The summed E-state index contributed by atoms with van der Waals surface area (Å²) in [5, 5.41) is 11.6. The molecule has 2 atom stereocenters. The number of carbonyl (C=O) groups excluding carboxylic acids is 1. The maximum atomic E-state index is 12.1. The van der Waals surface area contributed by atoms with Gasteiger partial charge in [0, 0.05) is 13.1 Å². The fourth-order valence-electron chi connectivity index (χ4n) is 2.12. The molecule has 1 saturated heterocycles. The molecule has 0 bridgehead atoms. The van der Waals surface area contributed by atoms with Gasteiger partial charge in [0.2, 0.25) is 0 Å². The van der Waals surface area contributed by atoms with E-state index in [2.05, 4.69) is 5.32 Å². The number of hydrogen-bond acceptors (Lipinski definition) is 4. The summed E-state index contributed by atoms with van der Waals surface area (Å²) in [6.45, 7) is 5.14. The summed E-state index contributed by atoms with van der Waals surface area (Å²) < 4.78 is 22.8. The van der Waals surface area contributed by atoms with Crippen molar-refractivity contribution < 1.29 is 23.1 Å². The minimum Gasteiger partial charge on any atom is -0.480 e. The molecule has 1 fully saturated rings. The van der Waals surface area contributed by atoms with E-state index in [1.165, 1.54) is 11.9 Å². The number of nitrogens with zero attached hydrogens (tertiary/aromatic N) is 1. The molecule has 8 heteroatoms. The van der Waals surface area contributed by atoms with Crippen molar-refractivity contribution in [2.24, 2.45) is 5.41 Å². The van der Waals surface area contributed by atoms with Gasteiger partial charge in [0.1, 0.15) is 6.04 Å². The van der Waals surface area contributed by atoms with E-state index in [0.29, 0.717) is 6.42 Å². The Morgan fingerprint density at radius 3 is 2.25 bits per heavy atom. The zero-order chi connectivity index (χ0) is 15.7. The number of nitrogens with one attached hydrogen (secondary N) is 1. The molecule has 0 aromatic carbocycles. The Labute approximate surface area is 119 Å². The number of sulfone groups is 1. The molecular formula is C12H22N2O5S. The maximum Gasteiger partial charge on any atom is 0.326 e. The molecule has 1 unspecified atom stereocenters. The highest BCUT2D eigenvalue weighted by Crippen LogP contribution is 2.21. The van der Waals surface area contributed by atoms with Crippen LogP contribution in [0.3, 0.4) is 0 Å². The van der Waals surface area contributed by atoms with Crippen LogP contribution in [0, 0.1) is 5.41 Å². The first-order valence-electron chi connectivity index (χ1n) is 6.40. The first-order valence-corrected chi connectivity index (χ1v) is 8.23. The summed E-state index contributed by atoms with van der Waals surface area (Å²) in [6, 6.07) is -1.99. The van der Waals surface area contributed by atoms with Crippen molar-refractivity contribution >= 4 is 21.8 Å². The quantitative estimate of drug-likeness (QED) is 0.781. The Morgan fingerprint density at radius 2 is 1.90 bits per heavy atom. The zero-order valence-corrected chi connectivity index (χ0v) is 13.0. The van der Waals surface area contributed by atoms with Crippen LogP contribution >= 0.6 is 0 Å². The third-order valence-electron chi connectivity index (χ3n) is 3.46. The Bertz CT molecular complexity index is 494. The van der Waals surface area contributed by atoms with Gasteiger partial charge >= 0.3 is 12.0 Å². The maximum absolute atomic E-state index is 12.1. The second-order valence-electron chi connectivity index (χ2n) is 6.25. The largest absolute Gasteiger partial charge is 0.480 e. The molecule has 0 radical (unpaired) electrons. The highest BCUT2D eigenvalue weighted by atomic mass is 32.2. The van der Waals surface area contributed by atoms with Crippen molar-refractivity contribution in [1.29, 1.82) is 0 Å². The number of carboxylic acids is 1. The minimum absolute atomic E-state index is 0.0653. The first-order chi connectivity index (χ1) is 8.94. The molecule has 0 aliphatic carbocycles. The van der Waals surface area contributed by atoms with E-state index in [1.807, 2.05) is 0 Å². The Morgan fingerprint density at radius 1 is 1.35 bits per heavy atom. The zero-order valence-electron chi connectivity index (χ0n) is 12.2. The van der Waals surface area contributed by atoms with E-state index in [0.717, 1.165) is 0 Å². The van der Waals surface area contributed by atoms with E-state index in [4.69, 9.17) is 5.11 Å². The van der Waals surface area contributed by atoms with Crippen molar-refractivity contribution in [2.75, 3.05) is 18.6 Å². The molecule has 1 rings (SSSR count). The smallest absolute Gasteiger partial charge is 0.326 e. The van der Waals surface area contributed by atoms with Gasteiger partial charge in [0.05, 0.1) is 11.5 Å². The molecule has 7 nitrogen and oxygen atoms in total. The van der Waals surface area contributed by atoms with Crippen molar-refractivity contribution in [3.05, 3.63) is 0 Å². The van der Waals surface area contributed by atoms with Crippen molar-refractivity contribution in [3.63, 3.8) is 0 Å². The molecule has 1 aliphatic rings. The molecule has 1 aliphatic heterocycles. The summed E-state index contributed by atoms with van der Waals surface area (Å²) in [4.78, 5) is 24.5. The number of carboxylic acid groups (broad SMARTS) is 1. The van der Waals surface area contributed by atoms with Gasteiger partial charge < -0.3 is 15.3 Å². The lowest BCUT2D eigenvalue weighted by atomic mass is 9.87. The van der Waals surface area contributed by atoms with Gasteiger partial charge in [-0.05, 0) is 11.8 Å². The van der Waals surface area contributed by atoms with Crippen LogP contribution in [0.5, 0.6) is 0 Å². The summed E-state index contributed by atoms with van der Waals surface area (Å²) >= 11 is 0. The fraction of sp³-hybridized carbons (Fsp3) is 0.833. The number of aliphatic carboxylic acids is 1. The molecule has 1 heterocycles. The lowest BCUT2D eigenvalue weighted by molar-refractivity contribution is -0.142. The van der Waals surface area contributed by atoms with Crippen LogP contribution in [0.25, 0.3) is 0 Å². The molecule has 0 aromatic rings. The fourth-order valence-corrected chi connectivity index (χ4v) is 3.89. The van der Waals surface area contributed by atoms with Gasteiger partial charge in [-0.3, -0.25) is 0 Å². The van der Waals surface area contributed by atoms with Crippen LogP contribution in [0.1, 0.15) is 27.2 Å². The minimum atomic E-state index is -3.09. The van der Waals surface area contributed by atoms with Crippen molar-refractivity contribution in [2.45, 2.75) is 39.3 Å².